The maximum absolute atomic E-state index is 2.45. The second kappa shape index (κ2) is 12.7. The summed E-state index contributed by atoms with van der Waals surface area (Å²) in [5.41, 5.74) is 8.26. The minimum atomic E-state index is 1.11. The summed E-state index contributed by atoms with van der Waals surface area (Å²) in [5.74, 6) is 0. The average Bonchev–Trinajstić information content (AvgIpc) is 3.27. The van der Waals surface area contributed by atoms with Crippen LogP contribution in [0.5, 0.6) is 0 Å². The topological polar surface area (TPSA) is 3.24 Å². The van der Waals surface area contributed by atoms with E-state index in [0.717, 1.165) is 17.1 Å². The van der Waals surface area contributed by atoms with E-state index in [0.29, 0.717) is 0 Å². The summed E-state index contributed by atoms with van der Waals surface area (Å²) in [6.07, 6.45) is 0. The summed E-state index contributed by atoms with van der Waals surface area (Å²) in [6, 6.07) is 77.8. The maximum Gasteiger partial charge on any atom is 0.0546 e. The fourth-order valence-electron chi connectivity index (χ4n) is 8.80. The number of hydrogen-bond acceptors (Lipinski definition) is 1. The molecule has 0 saturated heterocycles. The van der Waals surface area contributed by atoms with Crippen LogP contribution in [0.4, 0.5) is 17.1 Å². The third kappa shape index (κ3) is 5.16. The van der Waals surface area contributed by atoms with E-state index in [1.165, 1.54) is 86.9 Å². The van der Waals surface area contributed by atoms with Crippen LogP contribution in [-0.4, -0.2) is 0 Å². The van der Waals surface area contributed by atoms with Crippen molar-refractivity contribution in [1.82, 2.24) is 0 Å². The summed E-state index contributed by atoms with van der Waals surface area (Å²) >= 11 is 0. The number of rotatable bonds is 5. The molecule has 0 saturated carbocycles. The lowest BCUT2D eigenvalue weighted by atomic mass is 9.93. The molecule has 0 fully saturated rings. The van der Waals surface area contributed by atoms with Gasteiger partial charge in [0.05, 0.1) is 5.69 Å². The molecular formula is C54H35N. The zero-order chi connectivity index (χ0) is 36.3. The first kappa shape index (κ1) is 31.3. The van der Waals surface area contributed by atoms with Gasteiger partial charge in [0, 0.05) is 16.8 Å². The number of nitrogens with zero attached hydrogens (tertiary/aromatic N) is 1. The van der Waals surface area contributed by atoms with Gasteiger partial charge in [-0.1, -0.05) is 182 Å². The molecule has 0 aliphatic rings. The molecule has 0 spiro atoms. The molecule has 11 aromatic rings. The number of hydrogen-bond donors (Lipinski definition) is 0. The molecule has 1 heteroatoms. The lowest BCUT2D eigenvalue weighted by Gasteiger charge is -2.28. The zero-order valence-electron chi connectivity index (χ0n) is 30.2. The minimum absolute atomic E-state index is 1.11. The van der Waals surface area contributed by atoms with Crippen LogP contribution in [0.2, 0.25) is 0 Å². The van der Waals surface area contributed by atoms with Crippen molar-refractivity contribution in [2.75, 3.05) is 4.90 Å². The molecule has 0 heterocycles. The molecule has 55 heavy (non-hydrogen) atoms. The molecule has 0 N–H and O–H groups in total. The van der Waals surface area contributed by atoms with E-state index in [2.05, 4.69) is 217 Å². The Balaban J connectivity index is 1.08. The van der Waals surface area contributed by atoms with Gasteiger partial charge in [-0.2, -0.15) is 0 Å². The Kier molecular flexibility index (Phi) is 7.25. The molecule has 0 unspecified atom stereocenters. The van der Waals surface area contributed by atoms with Gasteiger partial charge >= 0.3 is 0 Å². The fourth-order valence-corrected chi connectivity index (χ4v) is 8.80. The van der Waals surface area contributed by atoms with Crippen LogP contribution < -0.4 is 4.90 Å². The minimum Gasteiger partial charge on any atom is -0.310 e. The molecular weight excluding hydrogens is 663 g/mol. The number of anilines is 3. The van der Waals surface area contributed by atoms with Gasteiger partial charge in [0.1, 0.15) is 0 Å². The van der Waals surface area contributed by atoms with E-state index in [4.69, 9.17) is 0 Å². The summed E-state index contributed by atoms with van der Waals surface area (Å²) in [6.45, 7) is 0. The Bertz CT molecular complexity index is 3210. The van der Waals surface area contributed by atoms with Crippen LogP contribution in [0.25, 0.3) is 86.9 Å². The monoisotopic (exact) mass is 697 g/mol. The van der Waals surface area contributed by atoms with E-state index in [9.17, 15) is 0 Å². The van der Waals surface area contributed by atoms with Crippen molar-refractivity contribution in [2.24, 2.45) is 0 Å². The van der Waals surface area contributed by atoms with E-state index < -0.39 is 0 Å². The molecule has 0 aromatic heterocycles. The molecule has 11 aromatic carbocycles. The molecule has 1 nitrogen and oxygen atoms in total. The van der Waals surface area contributed by atoms with E-state index in [-0.39, 0.29) is 0 Å². The first-order chi connectivity index (χ1) is 27.3. The highest BCUT2D eigenvalue weighted by molar-refractivity contribution is 6.26. The Morgan fingerprint density at radius 1 is 0.236 bits per heavy atom. The predicted molar refractivity (Wildman–Crippen MR) is 237 cm³/mol. The Morgan fingerprint density at radius 3 is 1.33 bits per heavy atom. The van der Waals surface area contributed by atoms with Crippen molar-refractivity contribution in [3.8, 4) is 22.3 Å². The van der Waals surface area contributed by atoms with E-state index >= 15 is 0 Å². The van der Waals surface area contributed by atoms with Crippen molar-refractivity contribution in [3.05, 3.63) is 212 Å². The Hall–Kier alpha value is -7.22. The molecule has 0 bridgehead atoms. The number of benzene rings is 11. The van der Waals surface area contributed by atoms with E-state index in [1.807, 2.05) is 0 Å². The van der Waals surface area contributed by atoms with Gasteiger partial charge < -0.3 is 4.90 Å². The zero-order valence-corrected chi connectivity index (χ0v) is 30.2. The normalized spacial score (nSPS) is 11.6. The highest BCUT2D eigenvalue weighted by Gasteiger charge is 2.19. The summed E-state index contributed by atoms with van der Waals surface area (Å²) in [7, 11) is 0. The SMILES string of the molecule is c1ccc2c(-c3ccc(-c4ccc(N(c5ccc6c7ccccc7c7ccccc7c6c5)c5cc6ccccc6c6ccccc56)cc4)cc3)cccc2c1. The summed E-state index contributed by atoms with van der Waals surface area (Å²) < 4.78 is 0. The average molecular weight is 698 g/mol. The molecule has 0 aliphatic carbocycles. The van der Waals surface area contributed by atoms with Crippen molar-refractivity contribution in [3.63, 3.8) is 0 Å². The molecule has 0 amide bonds. The third-order valence-electron chi connectivity index (χ3n) is 11.4. The van der Waals surface area contributed by atoms with Crippen LogP contribution in [0.15, 0.2) is 212 Å². The first-order valence-electron chi connectivity index (χ1n) is 19.0. The first-order valence-corrected chi connectivity index (χ1v) is 19.0. The van der Waals surface area contributed by atoms with Gasteiger partial charge in [-0.15, -0.1) is 0 Å². The molecule has 0 aliphatic heterocycles. The maximum atomic E-state index is 2.45. The third-order valence-corrected chi connectivity index (χ3v) is 11.4. The van der Waals surface area contributed by atoms with Gasteiger partial charge in [-0.3, -0.25) is 0 Å². The van der Waals surface area contributed by atoms with Gasteiger partial charge in [-0.25, -0.2) is 0 Å². The number of fused-ring (bicyclic) bond motifs is 10. The molecule has 11 rings (SSSR count). The van der Waals surface area contributed by atoms with Crippen LogP contribution in [0, 0.1) is 0 Å². The van der Waals surface area contributed by atoms with E-state index in [1.54, 1.807) is 0 Å². The molecule has 0 radical (unpaired) electrons. The molecule has 256 valence electrons. The van der Waals surface area contributed by atoms with Gasteiger partial charge in [0.2, 0.25) is 0 Å². The highest BCUT2D eigenvalue weighted by Crippen LogP contribution is 2.45. The van der Waals surface area contributed by atoms with Gasteiger partial charge in [0.15, 0.2) is 0 Å². The second-order valence-electron chi connectivity index (χ2n) is 14.5. The Labute approximate surface area is 320 Å². The quantitative estimate of drug-likeness (QED) is 0.162. The van der Waals surface area contributed by atoms with Crippen molar-refractivity contribution < 1.29 is 0 Å². The predicted octanol–water partition coefficient (Wildman–Crippen LogP) is 15.4. The van der Waals surface area contributed by atoms with Gasteiger partial charge in [-0.05, 0) is 112 Å². The largest absolute Gasteiger partial charge is 0.310 e. The van der Waals surface area contributed by atoms with Crippen LogP contribution in [-0.2, 0) is 0 Å². The van der Waals surface area contributed by atoms with Crippen molar-refractivity contribution in [2.45, 2.75) is 0 Å². The lowest BCUT2D eigenvalue weighted by molar-refractivity contribution is 1.31. The summed E-state index contributed by atoms with van der Waals surface area (Å²) in [4.78, 5) is 2.45. The summed E-state index contributed by atoms with van der Waals surface area (Å²) in [5, 5.41) is 15.1. The Morgan fingerprint density at radius 2 is 0.673 bits per heavy atom. The second-order valence-corrected chi connectivity index (χ2v) is 14.5. The van der Waals surface area contributed by atoms with Crippen molar-refractivity contribution in [1.29, 1.82) is 0 Å². The van der Waals surface area contributed by atoms with Crippen LogP contribution >= 0.6 is 0 Å². The smallest absolute Gasteiger partial charge is 0.0546 e. The lowest BCUT2D eigenvalue weighted by Crippen LogP contribution is -2.10. The van der Waals surface area contributed by atoms with Crippen LogP contribution in [0.3, 0.4) is 0 Å². The fraction of sp³-hybridized carbons (Fsp3) is 0. The molecule has 0 atom stereocenters. The van der Waals surface area contributed by atoms with Crippen LogP contribution in [0.1, 0.15) is 0 Å². The highest BCUT2D eigenvalue weighted by atomic mass is 15.1. The van der Waals surface area contributed by atoms with Crippen molar-refractivity contribution >= 4 is 81.7 Å². The van der Waals surface area contributed by atoms with Gasteiger partial charge in [0.25, 0.3) is 0 Å². The standard InChI is InChI=1S/C54H35N/c1-3-15-43-38(12-1)14-11-23-44(43)39-26-24-36(25-27-39)37-28-30-41(31-29-37)55(54-34-40-13-2-4-16-45(40)46-17-9-10-22-52(46)54)42-32-33-51-49-20-6-5-18-47(49)48-19-7-8-21-50(48)53(51)35-42/h1-35H.